The van der Waals surface area contributed by atoms with Crippen LogP contribution in [0, 0.1) is 0 Å². The Morgan fingerprint density at radius 3 is 2.39 bits per heavy atom. The molecule has 1 amide bonds. The van der Waals surface area contributed by atoms with Crippen LogP contribution in [0.25, 0.3) is 11.0 Å². The average molecular weight is 401 g/mol. The fourth-order valence-corrected chi connectivity index (χ4v) is 3.79. The van der Waals surface area contributed by atoms with Gasteiger partial charge in [0.25, 0.3) is 0 Å². The SMILES string of the molecule is COc1ccc2c(CC(=O)N(c3ccc(S(C)(=O)=O)cc3)C(C)C)coc2c1. The van der Waals surface area contributed by atoms with E-state index in [4.69, 9.17) is 9.15 Å². The van der Waals surface area contributed by atoms with Crippen LogP contribution in [-0.4, -0.2) is 33.7 Å². The number of rotatable bonds is 6. The fraction of sp³-hybridized carbons (Fsp3) is 0.286. The van der Waals surface area contributed by atoms with Gasteiger partial charge >= 0.3 is 0 Å². The van der Waals surface area contributed by atoms with E-state index in [1.165, 1.54) is 12.1 Å². The first-order valence-corrected chi connectivity index (χ1v) is 10.8. The maximum absolute atomic E-state index is 13.0. The van der Waals surface area contributed by atoms with Crippen LogP contribution in [0.15, 0.2) is 58.0 Å². The molecule has 6 nitrogen and oxygen atoms in total. The smallest absolute Gasteiger partial charge is 0.231 e. The lowest BCUT2D eigenvalue weighted by Crippen LogP contribution is -2.38. The minimum atomic E-state index is -3.28. The Balaban J connectivity index is 1.88. The molecule has 148 valence electrons. The van der Waals surface area contributed by atoms with Gasteiger partial charge in [0.15, 0.2) is 9.84 Å². The largest absolute Gasteiger partial charge is 0.497 e. The van der Waals surface area contributed by atoms with Gasteiger partial charge in [0.1, 0.15) is 11.3 Å². The van der Waals surface area contributed by atoms with Crippen LogP contribution in [0.3, 0.4) is 0 Å². The van der Waals surface area contributed by atoms with Gasteiger partial charge < -0.3 is 14.1 Å². The van der Waals surface area contributed by atoms with Crippen LogP contribution in [0.1, 0.15) is 19.4 Å². The van der Waals surface area contributed by atoms with Gasteiger partial charge in [-0.25, -0.2) is 8.42 Å². The predicted molar refractivity (Wildman–Crippen MR) is 109 cm³/mol. The maximum Gasteiger partial charge on any atom is 0.231 e. The van der Waals surface area contributed by atoms with E-state index in [-0.39, 0.29) is 23.3 Å². The lowest BCUT2D eigenvalue weighted by molar-refractivity contribution is -0.118. The number of furan rings is 1. The third-order valence-electron chi connectivity index (χ3n) is 4.53. The molecule has 0 fully saturated rings. The monoisotopic (exact) mass is 401 g/mol. The van der Waals surface area contributed by atoms with E-state index < -0.39 is 9.84 Å². The van der Waals surface area contributed by atoms with E-state index >= 15 is 0 Å². The Kier molecular flexibility index (Phi) is 5.47. The normalized spacial score (nSPS) is 11.8. The molecular formula is C21H23NO5S. The molecule has 0 aliphatic rings. The van der Waals surface area contributed by atoms with E-state index in [1.54, 1.807) is 36.5 Å². The van der Waals surface area contributed by atoms with Crippen molar-refractivity contribution in [1.82, 2.24) is 0 Å². The third-order valence-corrected chi connectivity index (χ3v) is 5.66. The number of sulfone groups is 1. The topological polar surface area (TPSA) is 76.8 Å². The number of hydrogen-bond acceptors (Lipinski definition) is 5. The Hall–Kier alpha value is -2.80. The molecule has 0 unspecified atom stereocenters. The minimum Gasteiger partial charge on any atom is -0.497 e. The molecule has 0 saturated carbocycles. The standard InChI is InChI=1S/C21H23NO5S/c1-14(2)22(16-5-8-18(9-6-16)28(4,24)25)21(23)11-15-13-27-20-12-17(26-3)7-10-19(15)20/h5-10,12-14H,11H2,1-4H3. The molecule has 0 saturated heterocycles. The first-order valence-electron chi connectivity index (χ1n) is 8.87. The number of carbonyl (C=O) groups is 1. The molecule has 0 radical (unpaired) electrons. The molecule has 0 atom stereocenters. The number of methoxy groups -OCH3 is 1. The summed E-state index contributed by atoms with van der Waals surface area (Å²) in [5.74, 6) is 0.593. The number of nitrogens with zero attached hydrogens (tertiary/aromatic N) is 1. The highest BCUT2D eigenvalue weighted by atomic mass is 32.2. The lowest BCUT2D eigenvalue weighted by Gasteiger charge is -2.27. The molecule has 3 aromatic rings. The summed E-state index contributed by atoms with van der Waals surface area (Å²) in [4.78, 5) is 14.9. The highest BCUT2D eigenvalue weighted by Crippen LogP contribution is 2.27. The van der Waals surface area contributed by atoms with Gasteiger partial charge in [0.05, 0.1) is 24.7 Å². The third kappa shape index (κ3) is 4.04. The van der Waals surface area contributed by atoms with Gasteiger partial charge in [-0.05, 0) is 50.2 Å². The Labute approximate surface area is 164 Å². The molecular weight excluding hydrogens is 378 g/mol. The summed E-state index contributed by atoms with van der Waals surface area (Å²) in [6, 6.07) is 11.8. The zero-order valence-electron chi connectivity index (χ0n) is 16.3. The fourth-order valence-electron chi connectivity index (χ4n) is 3.16. The quantitative estimate of drug-likeness (QED) is 0.627. The van der Waals surface area contributed by atoms with Crippen molar-refractivity contribution in [2.75, 3.05) is 18.3 Å². The number of anilines is 1. The molecule has 0 aliphatic carbocycles. The second-order valence-corrected chi connectivity index (χ2v) is 8.94. The number of benzene rings is 2. The van der Waals surface area contributed by atoms with Crippen LogP contribution < -0.4 is 9.64 Å². The van der Waals surface area contributed by atoms with E-state index in [9.17, 15) is 13.2 Å². The molecule has 0 bridgehead atoms. The van der Waals surface area contributed by atoms with Gasteiger partial charge in [-0.15, -0.1) is 0 Å². The Morgan fingerprint density at radius 1 is 1.14 bits per heavy atom. The summed E-state index contributed by atoms with van der Waals surface area (Å²) < 4.78 is 34.1. The Bertz CT molecular complexity index is 1100. The van der Waals surface area contributed by atoms with Gasteiger partial charge in [0.2, 0.25) is 5.91 Å². The van der Waals surface area contributed by atoms with Crippen molar-refractivity contribution in [1.29, 1.82) is 0 Å². The molecule has 28 heavy (non-hydrogen) atoms. The molecule has 0 spiro atoms. The first kappa shape index (κ1) is 19.9. The summed E-state index contributed by atoms with van der Waals surface area (Å²) in [5, 5.41) is 0.866. The Morgan fingerprint density at radius 2 is 1.82 bits per heavy atom. The summed E-state index contributed by atoms with van der Waals surface area (Å²) in [6.45, 7) is 3.83. The lowest BCUT2D eigenvalue weighted by atomic mass is 10.1. The number of amides is 1. The molecule has 7 heteroatoms. The van der Waals surface area contributed by atoms with E-state index in [0.717, 1.165) is 17.2 Å². The van der Waals surface area contributed by atoms with E-state index in [1.807, 2.05) is 26.0 Å². The number of fused-ring (bicyclic) bond motifs is 1. The van der Waals surface area contributed by atoms with Crippen molar-refractivity contribution >= 4 is 32.4 Å². The maximum atomic E-state index is 13.0. The van der Waals surface area contributed by atoms with Gasteiger partial charge in [-0.1, -0.05) is 0 Å². The van der Waals surface area contributed by atoms with Crippen molar-refractivity contribution in [3.05, 3.63) is 54.3 Å². The number of hydrogen-bond donors (Lipinski definition) is 0. The average Bonchev–Trinajstić information content (AvgIpc) is 3.03. The molecule has 0 N–H and O–H groups in total. The molecule has 1 aromatic heterocycles. The van der Waals surface area contributed by atoms with Crippen molar-refractivity contribution in [3.8, 4) is 5.75 Å². The van der Waals surface area contributed by atoms with Gasteiger partial charge in [-0.2, -0.15) is 0 Å². The van der Waals surface area contributed by atoms with Crippen LogP contribution in [0.5, 0.6) is 5.75 Å². The van der Waals surface area contributed by atoms with Gasteiger partial charge in [0, 0.05) is 35.0 Å². The van der Waals surface area contributed by atoms with Crippen molar-refractivity contribution in [3.63, 3.8) is 0 Å². The zero-order chi connectivity index (χ0) is 20.5. The highest BCUT2D eigenvalue weighted by molar-refractivity contribution is 7.90. The predicted octanol–water partition coefficient (Wildman–Crippen LogP) is 3.83. The van der Waals surface area contributed by atoms with Crippen molar-refractivity contribution < 1.29 is 22.4 Å². The highest BCUT2D eigenvalue weighted by Gasteiger charge is 2.21. The first-order chi connectivity index (χ1) is 13.2. The second-order valence-electron chi connectivity index (χ2n) is 6.92. The van der Waals surface area contributed by atoms with Crippen LogP contribution in [0.4, 0.5) is 5.69 Å². The number of carbonyl (C=O) groups excluding carboxylic acids is 1. The molecule has 0 aliphatic heterocycles. The van der Waals surface area contributed by atoms with Crippen molar-refractivity contribution in [2.24, 2.45) is 0 Å². The summed E-state index contributed by atoms with van der Waals surface area (Å²) in [6.07, 6.45) is 2.92. The number of ether oxygens (including phenoxy) is 1. The summed E-state index contributed by atoms with van der Waals surface area (Å²) in [5.41, 5.74) is 2.11. The van der Waals surface area contributed by atoms with Crippen LogP contribution in [0.2, 0.25) is 0 Å². The van der Waals surface area contributed by atoms with Crippen molar-refractivity contribution in [2.45, 2.75) is 31.2 Å². The minimum absolute atomic E-state index is 0.0881. The van der Waals surface area contributed by atoms with E-state index in [2.05, 4.69) is 0 Å². The van der Waals surface area contributed by atoms with Crippen LogP contribution in [-0.2, 0) is 21.1 Å². The summed E-state index contributed by atoms with van der Waals surface area (Å²) >= 11 is 0. The molecule has 3 rings (SSSR count). The second kappa shape index (κ2) is 7.67. The van der Waals surface area contributed by atoms with Gasteiger partial charge in [-0.3, -0.25) is 4.79 Å². The molecule has 1 heterocycles. The zero-order valence-corrected chi connectivity index (χ0v) is 17.1. The van der Waals surface area contributed by atoms with Crippen LogP contribution >= 0.6 is 0 Å². The summed E-state index contributed by atoms with van der Waals surface area (Å²) in [7, 11) is -1.70. The van der Waals surface area contributed by atoms with E-state index in [0.29, 0.717) is 17.0 Å². The molecule has 2 aromatic carbocycles.